The van der Waals surface area contributed by atoms with E-state index in [1.54, 1.807) is 0 Å². The molecular weight excluding hydrogens is 138 g/mol. The van der Waals surface area contributed by atoms with Crippen molar-refractivity contribution >= 4 is 5.78 Å². The number of carbonyl (C=O) groups is 1. The average molecular weight is 157 g/mol. The monoisotopic (exact) mass is 157 g/mol. The van der Waals surface area contributed by atoms with Gasteiger partial charge in [-0.05, 0) is 32.9 Å². The smallest absolute Gasteiger partial charge is 0.132 e. The first kappa shape index (κ1) is 10.6. The lowest BCUT2D eigenvalue weighted by atomic mass is 10.1. The van der Waals surface area contributed by atoms with E-state index in [2.05, 4.69) is 5.32 Å². The van der Waals surface area contributed by atoms with Gasteiger partial charge in [-0.25, -0.2) is 0 Å². The van der Waals surface area contributed by atoms with Crippen LogP contribution < -0.4 is 5.32 Å². The highest BCUT2D eigenvalue weighted by Gasteiger charge is 1.98. The molecule has 0 rings (SSSR count). The lowest BCUT2D eigenvalue weighted by Crippen LogP contribution is -2.08. The van der Waals surface area contributed by atoms with Gasteiger partial charge in [-0.2, -0.15) is 0 Å². The van der Waals surface area contributed by atoms with Gasteiger partial charge in [0.2, 0.25) is 0 Å². The van der Waals surface area contributed by atoms with Crippen LogP contribution in [0.2, 0.25) is 0 Å². The first-order valence-corrected chi connectivity index (χ1v) is 4.47. The van der Waals surface area contributed by atoms with Crippen molar-refractivity contribution in [3.05, 3.63) is 0 Å². The topological polar surface area (TPSA) is 29.1 Å². The van der Waals surface area contributed by atoms with E-state index in [0.717, 1.165) is 38.6 Å². The molecule has 66 valence electrons. The molecule has 2 nitrogen and oxygen atoms in total. The van der Waals surface area contributed by atoms with Crippen molar-refractivity contribution in [3.8, 4) is 0 Å². The third kappa shape index (κ3) is 7.53. The summed E-state index contributed by atoms with van der Waals surface area (Å²) in [6.07, 6.45) is 4.69. The minimum Gasteiger partial charge on any atom is -0.320 e. The van der Waals surface area contributed by atoms with Gasteiger partial charge in [0.05, 0.1) is 0 Å². The van der Waals surface area contributed by atoms with E-state index in [4.69, 9.17) is 0 Å². The highest BCUT2D eigenvalue weighted by molar-refractivity contribution is 5.78. The molecule has 11 heavy (non-hydrogen) atoms. The molecule has 0 unspecified atom stereocenters. The Balaban J connectivity index is 3.04. The van der Waals surface area contributed by atoms with Gasteiger partial charge in [0.1, 0.15) is 5.78 Å². The molecule has 0 aromatic carbocycles. The molecule has 0 radical (unpaired) electrons. The van der Waals surface area contributed by atoms with Crippen molar-refractivity contribution < 1.29 is 4.79 Å². The lowest BCUT2D eigenvalue weighted by Gasteiger charge is -1.98. The minimum absolute atomic E-state index is 0.420. The number of Topliss-reactive ketones (excluding diaryl/α,β-unsaturated/α-hetero) is 1. The second-order valence-corrected chi connectivity index (χ2v) is 2.85. The number of ketones is 1. The summed E-state index contributed by atoms with van der Waals surface area (Å²) in [5.41, 5.74) is 0. The summed E-state index contributed by atoms with van der Waals surface area (Å²) in [4.78, 5) is 11.0. The van der Waals surface area contributed by atoms with E-state index in [-0.39, 0.29) is 0 Å². The summed E-state index contributed by atoms with van der Waals surface area (Å²) in [7, 11) is 1.94. The molecule has 0 amide bonds. The quantitative estimate of drug-likeness (QED) is 0.570. The predicted octanol–water partition coefficient (Wildman–Crippen LogP) is 1.75. The zero-order chi connectivity index (χ0) is 8.53. The standard InChI is InChI=1S/C9H19NO/c1-3-6-9(11)7-4-5-8-10-2/h10H,3-8H2,1-2H3. The number of carbonyl (C=O) groups excluding carboxylic acids is 1. The Hall–Kier alpha value is -0.370. The highest BCUT2D eigenvalue weighted by atomic mass is 16.1. The fraction of sp³-hybridized carbons (Fsp3) is 0.889. The third-order valence-corrected chi connectivity index (χ3v) is 1.66. The largest absolute Gasteiger partial charge is 0.320 e. The van der Waals surface area contributed by atoms with Crippen LogP contribution in [-0.4, -0.2) is 19.4 Å². The second kappa shape index (κ2) is 7.73. The third-order valence-electron chi connectivity index (χ3n) is 1.66. The summed E-state index contributed by atoms with van der Waals surface area (Å²) in [5, 5.41) is 3.06. The summed E-state index contributed by atoms with van der Waals surface area (Å²) in [6.45, 7) is 3.07. The Kier molecular flexibility index (Phi) is 7.47. The molecule has 0 saturated carbocycles. The van der Waals surface area contributed by atoms with Crippen molar-refractivity contribution in [1.29, 1.82) is 0 Å². The van der Waals surface area contributed by atoms with E-state index in [0.29, 0.717) is 5.78 Å². The lowest BCUT2D eigenvalue weighted by molar-refractivity contribution is -0.119. The van der Waals surface area contributed by atoms with Crippen molar-refractivity contribution in [2.24, 2.45) is 0 Å². The van der Waals surface area contributed by atoms with E-state index in [1.165, 1.54) is 0 Å². The molecule has 0 aromatic heterocycles. The zero-order valence-electron chi connectivity index (χ0n) is 7.65. The van der Waals surface area contributed by atoms with E-state index < -0.39 is 0 Å². The highest BCUT2D eigenvalue weighted by Crippen LogP contribution is 2.00. The normalized spacial score (nSPS) is 10.0. The SMILES string of the molecule is CCCC(=O)CCCCNC. The van der Waals surface area contributed by atoms with E-state index in [9.17, 15) is 4.79 Å². The Morgan fingerprint density at radius 2 is 2.00 bits per heavy atom. The first-order chi connectivity index (χ1) is 5.31. The van der Waals surface area contributed by atoms with Crippen LogP contribution in [-0.2, 0) is 4.79 Å². The van der Waals surface area contributed by atoms with Gasteiger partial charge in [-0.15, -0.1) is 0 Å². The molecular formula is C9H19NO. The fourth-order valence-corrected chi connectivity index (χ4v) is 1.03. The Labute approximate surface area is 69.4 Å². The van der Waals surface area contributed by atoms with Crippen LogP contribution in [0, 0.1) is 0 Å². The molecule has 1 N–H and O–H groups in total. The van der Waals surface area contributed by atoms with Crippen molar-refractivity contribution in [1.82, 2.24) is 5.32 Å². The van der Waals surface area contributed by atoms with Gasteiger partial charge < -0.3 is 5.32 Å². The summed E-state index contributed by atoms with van der Waals surface area (Å²) in [6, 6.07) is 0. The summed E-state index contributed by atoms with van der Waals surface area (Å²) in [5.74, 6) is 0.420. The summed E-state index contributed by atoms with van der Waals surface area (Å²) >= 11 is 0. The van der Waals surface area contributed by atoms with Gasteiger partial charge >= 0.3 is 0 Å². The maximum absolute atomic E-state index is 11.0. The molecule has 0 fully saturated rings. The molecule has 2 heteroatoms. The average Bonchev–Trinajstić information content (AvgIpc) is 1.99. The Bertz CT molecular complexity index is 102. The van der Waals surface area contributed by atoms with Gasteiger partial charge in [-0.3, -0.25) is 4.79 Å². The molecule has 0 spiro atoms. The molecule has 0 bridgehead atoms. The number of nitrogens with one attached hydrogen (secondary N) is 1. The zero-order valence-corrected chi connectivity index (χ0v) is 7.65. The second-order valence-electron chi connectivity index (χ2n) is 2.85. The van der Waals surface area contributed by atoms with Gasteiger partial charge in [0, 0.05) is 12.8 Å². The summed E-state index contributed by atoms with van der Waals surface area (Å²) < 4.78 is 0. The van der Waals surface area contributed by atoms with Crippen molar-refractivity contribution in [2.75, 3.05) is 13.6 Å². The van der Waals surface area contributed by atoms with E-state index in [1.807, 2.05) is 14.0 Å². The molecule has 0 aromatic rings. The number of hydrogen-bond donors (Lipinski definition) is 1. The molecule has 0 aliphatic carbocycles. The van der Waals surface area contributed by atoms with Crippen LogP contribution in [0.25, 0.3) is 0 Å². The van der Waals surface area contributed by atoms with Crippen LogP contribution in [0.15, 0.2) is 0 Å². The van der Waals surface area contributed by atoms with Gasteiger partial charge in [0.15, 0.2) is 0 Å². The van der Waals surface area contributed by atoms with Crippen molar-refractivity contribution in [3.63, 3.8) is 0 Å². The van der Waals surface area contributed by atoms with Gasteiger partial charge in [0.25, 0.3) is 0 Å². The predicted molar refractivity (Wildman–Crippen MR) is 47.7 cm³/mol. The maximum Gasteiger partial charge on any atom is 0.132 e. The number of unbranched alkanes of at least 4 members (excludes halogenated alkanes) is 1. The Morgan fingerprint density at radius 1 is 1.27 bits per heavy atom. The van der Waals surface area contributed by atoms with Crippen molar-refractivity contribution in [2.45, 2.75) is 39.0 Å². The van der Waals surface area contributed by atoms with E-state index >= 15 is 0 Å². The molecule has 0 heterocycles. The molecule has 0 saturated heterocycles. The fourth-order valence-electron chi connectivity index (χ4n) is 1.03. The van der Waals surface area contributed by atoms with Crippen LogP contribution in [0.3, 0.4) is 0 Å². The first-order valence-electron chi connectivity index (χ1n) is 4.47. The Morgan fingerprint density at radius 3 is 2.55 bits per heavy atom. The number of hydrogen-bond acceptors (Lipinski definition) is 2. The van der Waals surface area contributed by atoms with Crippen LogP contribution >= 0.6 is 0 Å². The molecule has 0 aliphatic heterocycles. The number of rotatable bonds is 7. The van der Waals surface area contributed by atoms with Crippen LogP contribution in [0.4, 0.5) is 0 Å². The van der Waals surface area contributed by atoms with Crippen LogP contribution in [0.1, 0.15) is 39.0 Å². The maximum atomic E-state index is 11.0. The van der Waals surface area contributed by atoms with Gasteiger partial charge in [-0.1, -0.05) is 6.92 Å². The minimum atomic E-state index is 0.420. The molecule has 0 atom stereocenters. The van der Waals surface area contributed by atoms with Crippen LogP contribution in [0.5, 0.6) is 0 Å². The molecule has 0 aliphatic rings.